The quantitative estimate of drug-likeness (QED) is 0.872. The van der Waals surface area contributed by atoms with E-state index in [9.17, 15) is 9.18 Å². The van der Waals surface area contributed by atoms with Crippen LogP contribution in [-0.4, -0.2) is 5.91 Å². The summed E-state index contributed by atoms with van der Waals surface area (Å²) in [7, 11) is 0. The summed E-state index contributed by atoms with van der Waals surface area (Å²) >= 11 is 5.78. The third-order valence-electron chi connectivity index (χ3n) is 2.47. The Labute approximate surface area is 120 Å². The molecule has 0 aliphatic heterocycles. The molecule has 0 fully saturated rings. The Morgan fingerprint density at radius 1 is 1.20 bits per heavy atom. The normalized spacial score (nSPS) is 10.7. The fourth-order valence-electron chi connectivity index (χ4n) is 1.56. The van der Waals surface area contributed by atoms with Gasteiger partial charge in [0.1, 0.15) is 17.3 Å². The Balaban J connectivity index is 2.33. The first-order valence-corrected chi connectivity index (χ1v) is 6.13. The molecule has 0 saturated carbocycles. The summed E-state index contributed by atoms with van der Waals surface area (Å²) < 4.78 is 19.3. The van der Waals surface area contributed by atoms with Gasteiger partial charge in [0.05, 0.1) is 5.56 Å². The lowest BCUT2D eigenvalue weighted by atomic mass is 10.1. The van der Waals surface area contributed by atoms with Gasteiger partial charge in [-0.2, -0.15) is 0 Å². The number of amides is 1. The monoisotopic (exact) mass is 291 g/mol. The minimum absolute atomic E-state index is 0.154. The van der Waals surface area contributed by atoms with Gasteiger partial charge < -0.3 is 10.5 Å². The molecule has 2 aromatic rings. The molecule has 1 amide bonds. The predicted molar refractivity (Wildman–Crippen MR) is 76.2 cm³/mol. The van der Waals surface area contributed by atoms with Crippen LogP contribution in [0.25, 0.3) is 6.08 Å². The molecule has 0 heterocycles. The van der Waals surface area contributed by atoms with Gasteiger partial charge >= 0.3 is 0 Å². The van der Waals surface area contributed by atoms with Crippen molar-refractivity contribution in [2.45, 2.75) is 0 Å². The van der Waals surface area contributed by atoms with Crippen LogP contribution in [0.4, 0.5) is 4.39 Å². The van der Waals surface area contributed by atoms with Crippen molar-refractivity contribution in [2.24, 2.45) is 5.73 Å². The van der Waals surface area contributed by atoms with Crippen molar-refractivity contribution in [1.29, 1.82) is 0 Å². The molecule has 0 spiro atoms. The van der Waals surface area contributed by atoms with Gasteiger partial charge in [0.25, 0.3) is 0 Å². The topological polar surface area (TPSA) is 52.3 Å². The molecule has 2 aromatic carbocycles. The summed E-state index contributed by atoms with van der Waals surface area (Å²) in [4.78, 5) is 10.7. The highest BCUT2D eigenvalue weighted by Crippen LogP contribution is 2.28. The molecule has 0 atom stereocenters. The highest BCUT2D eigenvalue weighted by molar-refractivity contribution is 6.30. The van der Waals surface area contributed by atoms with Crippen molar-refractivity contribution >= 4 is 23.6 Å². The van der Waals surface area contributed by atoms with Crippen molar-refractivity contribution < 1.29 is 13.9 Å². The lowest BCUT2D eigenvalue weighted by molar-refractivity contribution is -0.113. The van der Waals surface area contributed by atoms with Crippen molar-refractivity contribution in [3.8, 4) is 11.5 Å². The zero-order valence-corrected chi connectivity index (χ0v) is 11.1. The van der Waals surface area contributed by atoms with E-state index in [0.29, 0.717) is 10.8 Å². The van der Waals surface area contributed by atoms with Gasteiger partial charge in [0, 0.05) is 11.1 Å². The number of hydrogen-bond acceptors (Lipinski definition) is 2. The molecule has 0 aliphatic carbocycles. The van der Waals surface area contributed by atoms with Crippen molar-refractivity contribution in [2.75, 3.05) is 0 Å². The predicted octanol–water partition coefficient (Wildman–Crippen LogP) is 3.77. The van der Waals surface area contributed by atoms with Crippen molar-refractivity contribution in [1.82, 2.24) is 0 Å². The molecule has 0 aliphatic rings. The molecule has 0 bridgehead atoms. The lowest BCUT2D eigenvalue weighted by Crippen LogP contribution is -2.05. The third kappa shape index (κ3) is 3.59. The van der Waals surface area contributed by atoms with Gasteiger partial charge in [-0.25, -0.2) is 4.39 Å². The largest absolute Gasteiger partial charge is 0.457 e. The van der Waals surface area contributed by atoms with Crippen molar-refractivity contribution in [3.63, 3.8) is 0 Å². The number of ether oxygens (including phenoxy) is 1. The average Bonchev–Trinajstić information content (AvgIpc) is 2.40. The molecule has 2 rings (SSSR count). The van der Waals surface area contributed by atoms with E-state index in [0.717, 1.165) is 6.08 Å². The van der Waals surface area contributed by atoms with Gasteiger partial charge in [-0.1, -0.05) is 17.7 Å². The van der Waals surface area contributed by atoms with E-state index in [1.165, 1.54) is 18.2 Å². The minimum atomic E-state index is -0.661. The first-order chi connectivity index (χ1) is 9.56. The highest BCUT2D eigenvalue weighted by atomic mass is 35.5. The summed E-state index contributed by atoms with van der Waals surface area (Å²) in [6.45, 7) is 0. The van der Waals surface area contributed by atoms with E-state index >= 15 is 0 Å². The molecule has 0 aromatic heterocycles. The molecular formula is C15H11ClFNO2. The number of rotatable bonds is 4. The fraction of sp³-hybridized carbons (Fsp3) is 0. The Bertz CT molecular complexity index is 653. The van der Waals surface area contributed by atoms with Gasteiger partial charge in [0.15, 0.2) is 0 Å². The van der Waals surface area contributed by atoms with Crippen LogP contribution < -0.4 is 10.5 Å². The van der Waals surface area contributed by atoms with Gasteiger partial charge in [0.2, 0.25) is 5.91 Å². The second-order valence-corrected chi connectivity index (χ2v) is 4.38. The van der Waals surface area contributed by atoms with Gasteiger partial charge in [-0.3, -0.25) is 4.79 Å². The van der Waals surface area contributed by atoms with Crippen LogP contribution in [0.3, 0.4) is 0 Å². The van der Waals surface area contributed by atoms with Gasteiger partial charge in [-0.05, 0) is 42.5 Å². The number of primary amides is 1. The van der Waals surface area contributed by atoms with Crippen LogP contribution in [0.1, 0.15) is 5.56 Å². The Morgan fingerprint density at radius 2 is 1.90 bits per heavy atom. The van der Waals surface area contributed by atoms with Crippen LogP contribution >= 0.6 is 11.6 Å². The maximum atomic E-state index is 13.8. The molecule has 102 valence electrons. The van der Waals surface area contributed by atoms with Crippen LogP contribution in [0.5, 0.6) is 11.5 Å². The van der Waals surface area contributed by atoms with E-state index in [2.05, 4.69) is 0 Å². The Hall–Kier alpha value is -2.33. The standard InChI is InChI=1S/C15H11ClFNO2/c16-10-4-6-11(7-5-10)20-14-3-1-2-13(17)12(14)8-9-15(18)19/h1-9H,(H2,18,19)/b9-8+. The summed E-state index contributed by atoms with van der Waals surface area (Å²) in [6, 6.07) is 11.0. The molecule has 0 radical (unpaired) electrons. The molecule has 0 unspecified atom stereocenters. The maximum absolute atomic E-state index is 13.8. The molecule has 0 saturated heterocycles. The second kappa shape index (κ2) is 6.21. The maximum Gasteiger partial charge on any atom is 0.241 e. The van der Waals surface area contributed by atoms with E-state index in [-0.39, 0.29) is 11.3 Å². The van der Waals surface area contributed by atoms with Crippen LogP contribution in [0.15, 0.2) is 48.5 Å². The summed E-state index contributed by atoms with van der Waals surface area (Å²) in [6.07, 6.45) is 2.36. The fourth-order valence-corrected chi connectivity index (χ4v) is 1.69. The minimum Gasteiger partial charge on any atom is -0.457 e. The van der Waals surface area contributed by atoms with E-state index < -0.39 is 11.7 Å². The lowest BCUT2D eigenvalue weighted by Gasteiger charge is -2.09. The van der Waals surface area contributed by atoms with Gasteiger partial charge in [-0.15, -0.1) is 0 Å². The zero-order valence-electron chi connectivity index (χ0n) is 10.3. The number of benzene rings is 2. The molecule has 20 heavy (non-hydrogen) atoms. The van der Waals surface area contributed by atoms with Crippen LogP contribution in [0.2, 0.25) is 5.02 Å². The first kappa shape index (κ1) is 14.1. The number of carbonyl (C=O) groups is 1. The summed E-state index contributed by atoms with van der Waals surface area (Å²) in [5.41, 5.74) is 5.16. The Kier molecular flexibility index (Phi) is 4.38. The Morgan fingerprint density at radius 3 is 2.55 bits per heavy atom. The average molecular weight is 292 g/mol. The summed E-state index contributed by atoms with van der Waals surface area (Å²) in [5, 5.41) is 0.574. The first-order valence-electron chi connectivity index (χ1n) is 5.76. The van der Waals surface area contributed by atoms with Crippen molar-refractivity contribution in [3.05, 3.63) is 64.9 Å². The van der Waals surface area contributed by atoms with E-state index in [1.807, 2.05) is 0 Å². The number of halogens is 2. The number of hydrogen-bond donors (Lipinski definition) is 1. The second-order valence-electron chi connectivity index (χ2n) is 3.94. The molecule has 3 nitrogen and oxygen atoms in total. The molecular weight excluding hydrogens is 281 g/mol. The molecule has 2 N–H and O–H groups in total. The highest BCUT2D eigenvalue weighted by Gasteiger charge is 2.08. The summed E-state index contributed by atoms with van der Waals surface area (Å²) in [5.74, 6) is -0.377. The van der Waals surface area contributed by atoms with Crippen LogP contribution in [-0.2, 0) is 4.79 Å². The molecule has 5 heteroatoms. The third-order valence-corrected chi connectivity index (χ3v) is 2.72. The number of carbonyl (C=O) groups excluding carboxylic acids is 1. The van der Waals surface area contributed by atoms with E-state index in [1.54, 1.807) is 30.3 Å². The van der Waals surface area contributed by atoms with Crippen LogP contribution in [0, 0.1) is 5.82 Å². The zero-order chi connectivity index (χ0) is 14.5. The number of nitrogens with two attached hydrogens (primary N) is 1. The smallest absolute Gasteiger partial charge is 0.241 e. The SMILES string of the molecule is NC(=O)/C=C/c1c(F)cccc1Oc1ccc(Cl)cc1. The van der Waals surface area contributed by atoms with E-state index in [4.69, 9.17) is 22.1 Å².